The molecule has 0 aliphatic heterocycles. The molecular formula is C14H11BrN2O4. The van der Waals surface area contributed by atoms with Gasteiger partial charge in [0.05, 0.1) is 21.7 Å². The first kappa shape index (κ1) is 15.1. The average molecular weight is 351 g/mol. The Balaban J connectivity index is 2.23. The first-order chi connectivity index (χ1) is 10.0. The Bertz CT molecular complexity index is 686. The minimum absolute atomic E-state index is 0.0573. The standard InChI is InChI=1S/C14H11BrN2O4/c1-2-13(18)12-6-4-10(8-16-12)21-14-7-9(17(19)20)3-5-11(14)15/h3-8H,2H2,1H3. The van der Waals surface area contributed by atoms with Crippen LogP contribution < -0.4 is 4.74 Å². The largest absolute Gasteiger partial charge is 0.454 e. The highest BCUT2D eigenvalue weighted by Gasteiger charge is 2.12. The number of aromatic nitrogens is 1. The van der Waals surface area contributed by atoms with Crippen molar-refractivity contribution in [1.82, 2.24) is 4.98 Å². The lowest BCUT2D eigenvalue weighted by atomic mass is 10.2. The Labute approximate surface area is 129 Å². The van der Waals surface area contributed by atoms with Gasteiger partial charge in [-0.1, -0.05) is 6.92 Å². The zero-order chi connectivity index (χ0) is 15.4. The van der Waals surface area contributed by atoms with Gasteiger partial charge in [-0.3, -0.25) is 14.9 Å². The number of benzene rings is 1. The van der Waals surface area contributed by atoms with Gasteiger partial charge in [-0.2, -0.15) is 0 Å². The molecule has 108 valence electrons. The number of hydrogen-bond donors (Lipinski definition) is 0. The zero-order valence-electron chi connectivity index (χ0n) is 11.1. The van der Waals surface area contributed by atoms with Crippen molar-refractivity contribution < 1.29 is 14.5 Å². The molecule has 0 aliphatic carbocycles. The molecule has 0 aliphatic rings. The van der Waals surface area contributed by atoms with E-state index in [9.17, 15) is 14.9 Å². The highest BCUT2D eigenvalue weighted by atomic mass is 79.9. The summed E-state index contributed by atoms with van der Waals surface area (Å²) >= 11 is 3.26. The van der Waals surface area contributed by atoms with E-state index in [1.807, 2.05) is 0 Å². The summed E-state index contributed by atoms with van der Waals surface area (Å²) in [5.41, 5.74) is 0.293. The number of ketones is 1. The summed E-state index contributed by atoms with van der Waals surface area (Å²) in [4.78, 5) is 25.7. The molecule has 7 heteroatoms. The van der Waals surface area contributed by atoms with E-state index in [2.05, 4.69) is 20.9 Å². The summed E-state index contributed by atoms with van der Waals surface area (Å²) < 4.78 is 6.13. The second-order valence-electron chi connectivity index (χ2n) is 4.13. The van der Waals surface area contributed by atoms with Crippen LogP contribution >= 0.6 is 15.9 Å². The lowest BCUT2D eigenvalue weighted by molar-refractivity contribution is -0.384. The van der Waals surface area contributed by atoms with Crippen molar-refractivity contribution in [2.75, 3.05) is 0 Å². The summed E-state index contributed by atoms with van der Waals surface area (Å²) in [6.07, 6.45) is 1.79. The van der Waals surface area contributed by atoms with Gasteiger partial charge in [0.25, 0.3) is 5.69 Å². The van der Waals surface area contributed by atoms with Gasteiger partial charge < -0.3 is 4.74 Å². The minimum atomic E-state index is -0.499. The lowest BCUT2D eigenvalue weighted by Crippen LogP contribution is -1.99. The topological polar surface area (TPSA) is 82.3 Å². The molecule has 0 atom stereocenters. The van der Waals surface area contributed by atoms with Crippen molar-refractivity contribution >= 4 is 27.4 Å². The number of nitro groups is 1. The van der Waals surface area contributed by atoms with Crippen molar-refractivity contribution in [1.29, 1.82) is 0 Å². The van der Waals surface area contributed by atoms with Crippen molar-refractivity contribution in [3.05, 3.63) is 56.8 Å². The van der Waals surface area contributed by atoms with Crippen LogP contribution in [0.5, 0.6) is 11.5 Å². The monoisotopic (exact) mass is 350 g/mol. The number of pyridine rings is 1. The maximum atomic E-state index is 11.5. The second-order valence-corrected chi connectivity index (χ2v) is 4.98. The van der Waals surface area contributed by atoms with E-state index in [0.717, 1.165) is 0 Å². The molecule has 0 saturated heterocycles. The van der Waals surface area contributed by atoms with Crippen LogP contribution in [0.3, 0.4) is 0 Å². The molecule has 1 heterocycles. The van der Waals surface area contributed by atoms with Gasteiger partial charge in [0.2, 0.25) is 0 Å². The van der Waals surface area contributed by atoms with Crippen LogP contribution in [0.25, 0.3) is 0 Å². The van der Waals surface area contributed by atoms with E-state index in [-0.39, 0.29) is 11.5 Å². The van der Waals surface area contributed by atoms with Crippen LogP contribution in [0.4, 0.5) is 5.69 Å². The number of non-ortho nitro benzene ring substituents is 1. The molecule has 21 heavy (non-hydrogen) atoms. The summed E-state index contributed by atoms with van der Waals surface area (Å²) in [5, 5.41) is 10.8. The number of ether oxygens (including phenoxy) is 1. The molecule has 0 saturated carbocycles. The number of carbonyl (C=O) groups is 1. The minimum Gasteiger partial charge on any atom is -0.454 e. The van der Waals surface area contributed by atoms with E-state index >= 15 is 0 Å². The predicted molar refractivity (Wildman–Crippen MR) is 79.7 cm³/mol. The molecule has 1 aromatic carbocycles. The average Bonchev–Trinajstić information content (AvgIpc) is 2.49. The molecule has 0 N–H and O–H groups in total. The van der Waals surface area contributed by atoms with E-state index in [1.54, 1.807) is 19.1 Å². The molecule has 0 radical (unpaired) electrons. The number of carbonyl (C=O) groups excluding carboxylic acids is 1. The Morgan fingerprint density at radius 3 is 2.71 bits per heavy atom. The molecule has 2 aromatic rings. The van der Waals surface area contributed by atoms with Crippen LogP contribution in [0, 0.1) is 10.1 Å². The van der Waals surface area contributed by atoms with E-state index < -0.39 is 4.92 Å². The highest BCUT2D eigenvalue weighted by molar-refractivity contribution is 9.10. The molecule has 0 bridgehead atoms. The van der Waals surface area contributed by atoms with Crippen molar-refractivity contribution in [2.45, 2.75) is 13.3 Å². The van der Waals surface area contributed by atoms with Gasteiger partial charge in [-0.15, -0.1) is 0 Å². The van der Waals surface area contributed by atoms with Gasteiger partial charge in [0.15, 0.2) is 5.78 Å². The maximum Gasteiger partial charge on any atom is 0.273 e. The second kappa shape index (κ2) is 6.45. The first-order valence-corrected chi connectivity index (χ1v) is 6.91. The normalized spacial score (nSPS) is 10.2. The SMILES string of the molecule is CCC(=O)c1ccc(Oc2cc([N+](=O)[O-])ccc2Br)cn1. The molecule has 6 nitrogen and oxygen atoms in total. The third-order valence-corrected chi connectivity index (χ3v) is 3.35. The number of nitro benzene ring substituents is 1. The van der Waals surface area contributed by atoms with Crippen LogP contribution in [0.1, 0.15) is 23.8 Å². The van der Waals surface area contributed by atoms with Crippen LogP contribution in [0.15, 0.2) is 41.0 Å². The van der Waals surface area contributed by atoms with Crippen LogP contribution in [-0.2, 0) is 0 Å². The van der Waals surface area contributed by atoms with Gasteiger partial charge in [-0.05, 0) is 34.1 Å². The molecule has 2 rings (SSSR count). The number of nitrogens with zero attached hydrogens (tertiary/aromatic N) is 2. The summed E-state index contributed by atoms with van der Waals surface area (Å²) in [6, 6.07) is 7.39. The van der Waals surface area contributed by atoms with Crippen LogP contribution in [0.2, 0.25) is 0 Å². The quantitative estimate of drug-likeness (QED) is 0.459. The number of Topliss-reactive ketones (excluding diaryl/α,β-unsaturated/α-hetero) is 1. The molecule has 0 amide bonds. The summed E-state index contributed by atoms with van der Waals surface area (Å²) in [6.45, 7) is 1.76. The van der Waals surface area contributed by atoms with Gasteiger partial charge in [-0.25, -0.2) is 4.98 Å². The third-order valence-electron chi connectivity index (χ3n) is 2.70. The van der Waals surface area contributed by atoms with Crippen molar-refractivity contribution in [2.24, 2.45) is 0 Å². The number of halogens is 1. The Kier molecular flexibility index (Phi) is 4.64. The number of rotatable bonds is 5. The van der Waals surface area contributed by atoms with Crippen molar-refractivity contribution in [3.63, 3.8) is 0 Å². The van der Waals surface area contributed by atoms with E-state index in [1.165, 1.54) is 24.4 Å². The Hall–Kier alpha value is -2.28. The first-order valence-electron chi connectivity index (χ1n) is 6.12. The zero-order valence-corrected chi connectivity index (χ0v) is 12.7. The molecule has 0 fully saturated rings. The molecule has 0 spiro atoms. The van der Waals surface area contributed by atoms with Gasteiger partial charge in [0, 0.05) is 12.5 Å². The van der Waals surface area contributed by atoms with Gasteiger partial charge in [0.1, 0.15) is 17.2 Å². The summed E-state index contributed by atoms with van der Waals surface area (Å²) in [7, 11) is 0. The van der Waals surface area contributed by atoms with E-state index in [0.29, 0.717) is 28.1 Å². The number of hydrogen-bond acceptors (Lipinski definition) is 5. The lowest BCUT2D eigenvalue weighted by Gasteiger charge is -2.07. The maximum absolute atomic E-state index is 11.5. The molecular weight excluding hydrogens is 340 g/mol. The molecule has 0 unspecified atom stereocenters. The fourth-order valence-electron chi connectivity index (χ4n) is 1.60. The van der Waals surface area contributed by atoms with Gasteiger partial charge >= 0.3 is 0 Å². The van der Waals surface area contributed by atoms with E-state index in [4.69, 9.17) is 4.74 Å². The smallest absolute Gasteiger partial charge is 0.273 e. The fraction of sp³-hybridized carbons (Fsp3) is 0.143. The Morgan fingerprint density at radius 1 is 1.38 bits per heavy atom. The van der Waals surface area contributed by atoms with Crippen LogP contribution in [-0.4, -0.2) is 15.7 Å². The van der Waals surface area contributed by atoms with Crippen molar-refractivity contribution in [3.8, 4) is 11.5 Å². The Morgan fingerprint density at radius 2 is 2.14 bits per heavy atom. The fourth-order valence-corrected chi connectivity index (χ4v) is 1.93. The third kappa shape index (κ3) is 3.63. The highest BCUT2D eigenvalue weighted by Crippen LogP contribution is 2.32. The summed E-state index contributed by atoms with van der Waals surface area (Å²) in [5.74, 6) is 0.641. The molecule has 1 aromatic heterocycles. The predicted octanol–water partition coefficient (Wildman–Crippen LogP) is 4.14.